The number of thiazole rings is 1. The maximum atomic E-state index is 14.7. The van der Waals surface area contributed by atoms with E-state index < -0.39 is 46.9 Å². The number of urea groups is 1. The van der Waals surface area contributed by atoms with Crippen LogP contribution in [-0.2, 0) is 48.0 Å². The minimum atomic E-state index is -1.08. The van der Waals surface area contributed by atoms with Crippen LogP contribution in [0.1, 0.15) is 89.6 Å². The zero-order valence-corrected chi connectivity index (χ0v) is 40.9. The van der Waals surface area contributed by atoms with Crippen LogP contribution >= 0.6 is 11.3 Å². The minimum Gasteiger partial charge on any atom is -0.464 e. The normalized spacial score (nSPS) is 22.9. The number of nitrogens with one attached hydrogen (secondary N) is 2. The lowest BCUT2D eigenvalue weighted by Gasteiger charge is -2.52. The molecule has 0 unspecified atom stereocenters. The number of methoxy groups -OCH3 is 1. The molecule has 1 aromatic carbocycles. The van der Waals surface area contributed by atoms with Crippen LogP contribution in [0, 0.1) is 11.3 Å². The molecule has 1 spiro atoms. The number of carbonyl (C=O) groups is 5. The van der Waals surface area contributed by atoms with Crippen molar-refractivity contribution < 1.29 is 33.4 Å². The Kier molecular flexibility index (Phi) is 13.7. The van der Waals surface area contributed by atoms with Crippen molar-refractivity contribution in [2.24, 2.45) is 11.3 Å². The summed E-state index contributed by atoms with van der Waals surface area (Å²) in [5, 5.41) is 8.14. The maximum absolute atomic E-state index is 14.7. The number of aromatic nitrogens is 3. The van der Waals surface area contributed by atoms with Gasteiger partial charge in [-0.1, -0.05) is 40.3 Å². The molecule has 7 heterocycles. The van der Waals surface area contributed by atoms with Gasteiger partial charge in [-0.15, -0.1) is 11.3 Å². The molecule has 5 atom stereocenters. The zero-order chi connectivity index (χ0) is 47.9. The highest BCUT2D eigenvalue weighted by atomic mass is 32.1. The van der Waals surface area contributed by atoms with Crippen molar-refractivity contribution in [3.8, 4) is 22.5 Å². The molecule has 67 heavy (non-hydrogen) atoms. The molecule has 3 fully saturated rings. The second kappa shape index (κ2) is 19.2. The monoisotopic (exact) mass is 935 g/mol. The molecule has 8 rings (SSSR count). The van der Waals surface area contributed by atoms with Gasteiger partial charge in [0, 0.05) is 92.3 Å². The topological polar surface area (TPSA) is 172 Å². The Hall–Kier alpha value is -5.65. The SMILES string of the molecule is C=CC(=O)N1CC[C@@]2(CCN2C(=O)N(C)[C@H](C(=O)N[C@H]2Cc3nc(cs3)-c3ccc4c(c3)c(c(-c3cccnc3[C@H](C)OC)n4CC)CC(C)(C)COC(=O)[C@@H]3CCCN(N3)C2=O)C(C)C)C1. The van der Waals surface area contributed by atoms with Gasteiger partial charge in [-0.25, -0.2) is 15.2 Å². The lowest BCUT2D eigenvalue weighted by atomic mass is 9.84. The van der Waals surface area contributed by atoms with E-state index in [2.05, 4.69) is 66.9 Å². The highest BCUT2D eigenvalue weighted by Gasteiger charge is 2.53. The molecule has 4 aliphatic heterocycles. The van der Waals surface area contributed by atoms with Gasteiger partial charge in [-0.2, -0.15) is 0 Å². The Bertz CT molecular complexity index is 2570. The predicted octanol–water partition coefficient (Wildman–Crippen LogP) is 6.14. The second-order valence-electron chi connectivity index (χ2n) is 19.7. The molecule has 4 aliphatic rings. The number of pyridine rings is 1. The van der Waals surface area contributed by atoms with E-state index in [-0.39, 0.29) is 37.0 Å². The maximum Gasteiger partial charge on any atom is 0.324 e. The number of cyclic esters (lactones) is 1. The molecule has 2 N–H and O–H groups in total. The Morgan fingerprint density at radius 1 is 1.13 bits per heavy atom. The average molecular weight is 936 g/mol. The van der Waals surface area contributed by atoms with E-state index in [1.54, 1.807) is 30.2 Å². The molecule has 16 nitrogen and oxygen atoms in total. The van der Waals surface area contributed by atoms with Crippen LogP contribution in [0.15, 0.2) is 54.6 Å². The van der Waals surface area contributed by atoms with Gasteiger partial charge in [0.05, 0.1) is 40.3 Å². The highest BCUT2D eigenvalue weighted by Crippen LogP contribution is 2.43. The number of benzene rings is 1. The van der Waals surface area contributed by atoms with E-state index >= 15 is 0 Å². The Labute approximate surface area is 397 Å². The summed E-state index contributed by atoms with van der Waals surface area (Å²) in [6, 6.07) is 7.32. The number of rotatable bonds is 9. The molecule has 5 amide bonds. The Balaban J connectivity index is 1.14. The van der Waals surface area contributed by atoms with Crippen LogP contribution < -0.4 is 10.7 Å². The van der Waals surface area contributed by atoms with E-state index in [1.807, 2.05) is 32.2 Å². The van der Waals surface area contributed by atoms with Gasteiger partial charge in [0.25, 0.3) is 5.91 Å². The minimum absolute atomic E-state index is 0.0763. The van der Waals surface area contributed by atoms with Gasteiger partial charge < -0.3 is 34.1 Å². The van der Waals surface area contributed by atoms with E-state index in [4.69, 9.17) is 19.4 Å². The van der Waals surface area contributed by atoms with E-state index in [0.29, 0.717) is 63.4 Å². The molecule has 3 aromatic heterocycles. The first kappa shape index (κ1) is 47.8. The number of aryl methyl sites for hydroxylation is 1. The summed E-state index contributed by atoms with van der Waals surface area (Å²) in [7, 11) is 3.31. The first-order chi connectivity index (χ1) is 32.0. The van der Waals surface area contributed by atoms with Crippen molar-refractivity contribution in [3.63, 3.8) is 0 Å². The number of hydrogen-bond donors (Lipinski definition) is 2. The fourth-order valence-corrected chi connectivity index (χ4v) is 11.3. The Morgan fingerprint density at radius 3 is 2.61 bits per heavy atom. The lowest BCUT2D eigenvalue weighted by Crippen LogP contribution is -2.68. The first-order valence-electron chi connectivity index (χ1n) is 23.6. The van der Waals surface area contributed by atoms with Gasteiger partial charge in [0.1, 0.15) is 18.1 Å². The third-order valence-corrected chi connectivity index (χ3v) is 15.1. The summed E-state index contributed by atoms with van der Waals surface area (Å²) in [4.78, 5) is 84.8. The summed E-state index contributed by atoms with van der Waals surface area (Å²) in [6.45, 7) is 18.3. The fourth-order valence-electron chi connectivity index (χ4n) is 10.5. The number of carbonyl (C=O) groups excluding carboxylic acids is 5. The fraction of sp³-hybridized carbons (Fsp3) is 0.540. The van der Waals surface area contributed by atoms with Crippen molar-refractivity contribution in [2.45, 2.75) is 116 Å². The smallest absolute Gasteiger partial charge is 0.324 e. The van der Waals surface area contributed by atoms with Crippen LogP contribution in [0.25, 0.3) is 33.4 Å². The standard InChI is InChI=1S/C50H65N9O7S/c1-10-41(60)56-22-18-50(28-56)19-23-58(50)48(64)55(8)43(30(3)4)45(61)53-37-25-40-52-38(27-67-40)32-16-17-39-34(24-32)35(44(57(39)11-2)33-14-12-20-51-42(33)31(5)65-9)26-49(6,7)29-66-47(63)36-15-13-21-59(54-36)46(37)62/h10,12,14,16-17,20,24,27,30-31,36-37,43,54H,1,11,13,15,18-19,21-23,25-26,28-29H2,2-9H3,(H,53,61)/t31-,36-,37-,43-,50+/m0/s1. The van der Waals surface area contributed by atoms with Crippen molar-refractivity contribution in [3.05, 3.63) is 70.8 Å². The van der Waals surface area contributed by atoms with Gasteiger partial charge in [-0.05, 0) is 87.8 Å². The van der Waals surface area contributed by atoms with Gasteiger partial charge in [-0.3, -0.25) is 29.2 Å². The average Bonchev–Trinajstić information content (AvgIpc) is 4.06. The van der Waals surface area contributed by atoms with Gasteiger partial charge >= 0.3 is 12.0 Å². The number of hydrazine groups is 1. The second-order valence-corrected chi connectivity index (χ2v) is 20.6. The summed E-state index contributed by atoms with van der Waals surface area (Å²) in [5.41, 5.74) is 8.79. The molecule has 6 bridgehead atoms. The van der Waals surface area contributed by atoms with E-state index in [9.17, 15) is 24.0 Å². The number of hydrogen-bond acceptors (Lipinski definition) is 11. The largest absolute Gasteiger partial charge is 0.464 e. The van der Waals surface area contributed by atoms with Crippen molar-refractivity contribution in [1.82, 2.24) is 45.0 Å². The van der Waals surface area contributed by atoms with E-state index in [1.165, 1.54) is 27.3 Å². The summed E-state index contributed by atoms with van der Waals surface area (Å²) in [5.74, 6) is -1.84. The number of likely N-dealkylation sites (N-methyl/N-ethyl adjacent to an activating group) is 1. The highest BCUT2D eigenvalue weighted by molar-refractivity contribution is 7.10. The number of likely N-dealkylation sites (tertiary alicyclic amines) is 2. The summed E-state index contributed by atoms with van der Waals surface area (Å²) < 4.78 is 14.3. The van der Waals surface area contributed by atoms with Crippen LogP contribution in [0.4, 0.5) is 4.79 Å². The third-order valence-electron chi connectivity index (χ3n) is 14.2. The van der Waals surface area contributed by atoms with Crippen molar-refractivity contribution >= 4 is 52.0 Å². The van der Waals surface area contributed by atoms with Crippen LogP contribution in [-0.4, -0.2) is 135 Å². The molecule has 0 saturated carbocycles. The number of esters is 1. The molecule has 17 heteroatoms. The molecule has 0 aliphatic carbocycles. The van der Waals surface area contributed by atoms with Crippen molar-refractivity contribution in [2.75, 3.05) is 46.9 Å². The number of fused-ring (bicyclic) bond motifs is 6. The number of amides is 5. The molecule has 4 aromatic rings. The van der Waals surface area contributed by atoms with Crippen LogP contribution in [0.5, 0.6) is 0 Å². The number of nitrogens with zero attached hydrogens (tertiary/aromatic N) is 7. The molecule has 3 saturated heterocycles. The van der Waals surface area contributed by atoms with Gasteiger partial charge in [0.15, 0.2) is 0 Å². The predicted molar refractivity (Wildman–Crippen MR) is 257 cm³/mol. The summed E-state index contributed by atoms with van der Waals surface area (Å²) in [6.07, 6.45) is 5.89. The Morgan fingerprint density at radius 2 is 1.91 bits per heavy atom. The van der Waals surface area contributed by atoms with E-state index in [0.717, 1.165) is 51.1 Å². The van der Waals surface area contributed by atoms with Crippen LogP contribution in [0.2, 0.25) is 0 Å². The quantitative estimate of drug-likeness (QED) is 0.147. The lowest BCUT2D eigenvalue weighted by molar-refractivity contribution is -0.155. The van der Waals surface area contributed by atoms with Crippen LogP contribution in [0.3, 0.4) is 0 Å². The van der Waals surface area contributed by atoms with Crippen molar-refractivity contribution in [1.29, 1.82) is 0 Å². The molecular formula is C50H65N9O7S. The zero-order valence-electron chi connectivity index (χ0n) is 40.1. The van der Waals surface area contributed by atoms with Gasteiger partial charge in [0.2, 0.25) is 11.8 Å². The molecule has 358 valence electrons. The summed E-state index contributed by atoms with van der Waals surface area (Å²) >= 11 is 1.41. The number of ether oxygens (including phenoxy) is 2. The third kappa shape index (κ3) is 9.21. The molecular weight excluding hydrogens is 871 g/mol. The molecule has 0 radical (unpaired) electrons. The first-order valence-corrected chi connectivity index (χ1v) is 24.5.